The van der Waals surface area contributed by atoms with Gasteiger partial charge in [0.2, 0.25) is 0 Å². The van der Waals surface area contributed by atoms with Crippen LogP contribution in [-0.4, -0.2) is 8.80 Å². The molecule has 0 amide bonds. The van der Waals surface area contributed by atoms with Crippen molar-refractivity contribution in [3.63, 3.8) is 0 Å². The van der Waals surface area contributed by atoms with Gasteiger partial charge in [0, 0.05) is 116 Å². The Morgan fingerprint density at radius 1 is 0.267 bits per heavy atom. The smallest absolute Gasteiger partial charge is 0.139 e. The summed E-state index contributed by atoms with van der Waals surface area (Å²) in [5.41, 5.74) is 19.6. The topological polar surface area (TPSA) is 41.6 Å². The van der Waals surface area contributed by atoms with E-state index in [1.165, 1.54) is 87.3 Å². The molecule has 0 atom stereocenters. The zero-order chi connectivity index (χ0) is 56.8. The molecule has 0 aliphatic carbocycles. The monoisotopic (exact) mass is 1100 g/mol. The van der Waals surface area contributed by atoms with Crippen LogP contribution in [0.15, 0.2) is 251 Å². The van der Waals surface area contributed by atoms with Crippen LogP contribution in [-0.2, 0) is 0 Å². The standard InChI is InChI=1S/C80H54N4O2/c1-45(2)47-27-31-49(32-28-47)81(51-35-37-69-63(39-51)61-23-13-21-59-55-17-9-11-25-67(55)83(69)79(59)61)71-42-75-77(57-19-7-5-15-53(57)71)65-41-66-74(44-73(65)85-75)86-76-43-72(54-16-6-8-20-58(54)78(66)76)82(50-33-29-48(30-34-50)46(3)4)52-36-38-70-64(40-52)62-24-14-22-60-56-18-10-12-26-68(56)84(70)80(60)62/h5-46H,1-4H3. The first-order valence-electron chi connectivity index (χ1n) is 30.1. The van der Waals surface area contributed by atoms with Crippen molar-refractivity contribution in [3.05, 3.63) is 254 Å². The Morgan fingerprint density at radius 3 is 1.03 bits per heavy atom. The summed E-state index contributed by atoms with van der Waals surface area (Å²) in [7, 11) is 0. The number of furan rings is 2. The number of hydrogen-bond acceptors (Lipinski definition) is 4. The Kier molecular flexibility index (Phi) is 9.63. The third kappa shape index (κ3) is 6.45. The molecule has 6 nitrogen and oxygen atoms in total. The Hall–Kier alpha value is -10.8. The lowest BCUT2D eigenvalue weighted by molar-refractivity contribution is 0.656. The van der Waals surface area contributed by atoms with Crippen molar-refractivity contribution in [2.75, 3.05) is 9.80 Å². The summed E-state index contributed by atoms with van der Waals surface area (Å²) in [6, 6.07) is 90.0. The summed E-state index contributed by atoms with van der Waals surface area (Å²) in [5.74, 6) is 0.803. The number of aromatic nitrogens is 2. The van der Waals surface area contributed by atoms with Crippen molar-refractivity contribution in [1.82, 2.24) is 8.80 Å². The number of rotatable bonds is 8. The van der Waals surface area contributed by atoms with Gasteiger partial charge in [0.15, 0.2) is 0 Å². The average Bonchev–Trinajstić information content (AvgIpc) is 1.93. The molecule has 0 radical (unpaired) electrons. The van der Waals surface area contributed by atoms with Gasteiger partial charge in [-0.3, -0.25) is 0 Å². The molecule has 13 aromatic carbocycles. The Bertz CT molecular complexity index is 5670. The summed E-state index contributed by atoms with van der Waals surface area (Å²) in [6.45, 7) is 9.03. The fraction of sp³-hybridized carbons (Fsp3) is 0.0750. The highest BCUT2D eigenvalue weighted by molar-refractivity contribution is 6.30. The number of para-hydroxylation sites is 4. The van der Waals surface area contributed by atoms with Crippen molar-refractivity contribution in [2.24, 2.45) is 0 Å². The third-order valence-electron chi connectivity index (χ3n) is 19.1. The molecule has 406 valence electrons. The van der Waals surface area contributed by atoms with Crippen LogP contribution >= 0.6 is 0 Å². The molecule has 19 rings (SSSR count). The fourth-order valence-electron chi connectivity index (χ4n) is 15.1. The second kappa shape index (κ2) is 17.4. The molecule has 0 saturated carbocycles. The SMILES string of the molecule is CC(C)c1ccc(N(c2ccc3c(c2)c2cccc4c5ccccc5n3c42)c2cc3oc4cc5oc6cc(N(c7ccc(C(C)C)cc7)c7ccc8c(c7)c7cccc9c%10ccccc%10n8c97)c7ccccc7c6c5cc4c3c3ccccc23)cc1. The largest absolute Gasteiger partial charge is 0.456 e. The van der Waals surface area contributed by atoms with Gasteiger partial charge in [-0.05, 0) is 113 Å². The van der Waals surface area contributed by atoms with E-state index in [-0.39, 0.29) is 0 Å². The highest BCUT2D eigenvalue weighted by Gasteiger charge is 2.27. The average molecular weight is 1100 g/mol. The lowest BCUT2D eigenvalue weighted by Gasteiger charge is -2.27. The molecule has 0 bridgehead atoms. The van der Waals surface area contributed by atoms with E-state index in [9.17, 15) is 0 Å². The van der Waals surface area contributed by atoms with E-state index in [1.54, 1.807) is 0 Å². The molecule has 0 aliphatic rings. The summed E-state index contributed by atoms with van der Waals surface area (Å²) < 4.78 is 19.2. The van der Waals surface area contributed by atoms with Crippen molar-refractivity contribution in [1.29, 1.82) is 0 Å². The van der Waals surface area contributed by atoms with E-state index >= 15 is 0 Å². The normalized spacial score (nSPS) is 12.6. The van der Waals surface area contributed by atoms with E-state index in [2.05, 4.69) is 289 Å². The Morgan fingerprint density at radius 2 is 0.616 bits per heavy atom. The molecule has 6 heterocycles. The molecule has 6 aromatic heterocycles. The van der Waals surface area contributed by atoms with Gasteiger partial charge < -0.3 is 27.4 Å². The second-order valence-electron chi connectivity index (χ2n) is 24.4. The first kappa shape index (κ1) is 47.6. The molecule has 6 heteroatoms. The molecule has 0 saturated heterocycles. The second-order valence-corrected chi connectivity index (χ2v) is 24.4. The van der Waals surface area contributed by atoms with Crippen LogP contribution < -0.4 is 9.80 Å². The Balaban J connectivity index is 0.806. The predicted molar refractivity (Wildman–Crippen MR) is 363 cm³/mol. The molecular weight excluding hydrogens is 1050 g/mol. The number of anilines is 6. The van der Waals surface area contributed by atoms with Crippen molar-refractivity contribution in [3.8, 4) is 0 Å². The maximum atomic E-state index is 7.15. The zero-order valence-electron chi connectivity index (χ0n) is 47.9. The van der Waals surface area contributed by atoms with Crippen molar-refractivity contribution < 1.29 is 8.83 Å². The molecular formula is C80H54N4O2. The van der Waals surface area contributed by atoms with Crippen molar-refractivity contribution in [2.45, 2.75) is 39.5 Å². The summed E-state index contributed by atoms with van der Waals surface area (Å²) in [5, 5.41) is 18.9. The quantitative estimate of drug-likeness (QED) is 0.152. The van der Waals surface area contributed by atoms with E-state index < -0.39 is 0 Å². The van der Waals surface area contributed by atoms with Crippen LogP contribution in [0.2, 0.25) is 0 Å². The van der Waals surface area contributed by atoms with Crippen molar-refractivity contribution >= 4 is 176 Å². The number of fused-ring (bicyclic) bond motifs is 22. The highest BCUT2D eigenvalue weighted by Crippen LogP contribution is 2.51. The number of hydrogen-bond donors (Lipinski definition) is 0. The summed E-state index contributed by atoms with van der Waals surface area (Å²) in [6.07, 6.45) is 0. The zero-order valence-corrected chi connectivity index (χ0v) is 47.9. The predicted octanol–water partition coefficient (Wildman–Crippen LogP) is 23.3. The van der Waals surface area contributed by atoms with Gasteiger partial charge in [-0.1, -0.05) is 173 Å². The van der Waals surface area contributed by atoms with Crippen LogP contribution in [0.3, 0.4) is 0 Å². The molecule has 0 N–H and O–H groups in total. The van der Waals surface area contributed by atoms with E-state index in [1.807, 2.05) is 0 Å². The first-order valence-corrected chi connectivity index (χ1v) is 30.1. The fourth-order valence-corrected chi connectivity index (χ4v) is 15.1. The van der Waals surface area contributed by atoms with Gasteiger partial charge in [0.05, 0.1) is 44.5 Å². The lowest BCUT2D eigenvalue weighted by Crippen LogP contribution is -2.10. The number of benzene rings is 13. The minimum Gasteiger partial charge on any atom is -0.456 e. The molecule has 0 fully saturated rings. The molecule has 0 unspecified atom stereocenters. The van der Waals surface area contributed by atoms with Gasteiger partial charge in [-0.15, -0.1) is 0 Å². The first-order chi connectivity index (χ1) is 42.3. The minimum atomic E-state index is 0.401. The van der Waals surface area contributed by atoms with Gasteiger partial charge in [0.25, 0.3) is 0 Å². The molecule has 86 heavy (non-hydrogen) atoms. The van der Waals surface area contributed by atoms with E-state index in [0.717, 1.165) is 99.5 Å². The van der Waals surface area contributed by atoms with Gasteiger partial charge in [0.1, 0.15) is 22.3 Å². The number of nitrogens with zero attached hydrogens (tertiary/aromatic N) is 4. The van der Waals surface area contributed by atoms with Gasteiger partial charge in [-0.25, -0.2) is 0 Å². The van der Waals surface area contributed by atoms with Crippen LogP contribution in [0.5, 0.6) is 0 Å². The van der Waals surface area contributed by atoms with Crippen LogP contribution in [0.25, 0.3) is 142 Å². The lowest BCUT2D eigenvalue weighted by atomic mass is 9.97. The van der Waals surface area contributed by atoms with Crippen LogP contribution in [0, 0.1) is 0 Å². The third-order valence-corrected chi connectivity index (χ3v) is 19.1. The van der Waals surface area contributed by atoms with E-state index in [4.69, 9.17) is 8.83 Å². The highest BCUT2D eigenvalue weighted by atomic mass is 16.3. The Labute approximate surface area is 493 Å². The molecule has 0 spiro atoms. The molecule has 0 aliphatic heterocycles. The van der Waals surface area contributed by atoms with E-state index in [0.29, 0.717) is 11.8 Å². The minimum absolute atomic E-state index is 0.401. The maximum absolute atomic E-state index is 7.15. The van der Waals surface area contributed by atoms with Crippen LogP contribution in [0.4, 0.5) is 34.1 Å². The maximum Gasteiger partial charge on any atom is 0.139 e. The molecule has 19 aromatic rings. The van der Waals surface area contributed by atoms with Crippen LogP contribution in [0.1, 0.15) is 50.7 Å². The van der Waals surface area contributed by atoms with Gasteiger partial charge in [-0.2, -0.15) is 0 Å². The van der Waals surface area contributed by atoms with Gasteiger partial charge >= 0.3 is 0 Å². The summed E-state index contributed by atoms with van der Waals surface area (Å²) >= 11 is 0. The summed E-state index contributed by atoms with van der Waals surface area (Å²) in [4.78, 5) is 4.86.